The molecule has 0 amide bonds. The van der Waals surface area contributed by atoms with E-state index in [1.807, 2.05) is 13.8 Å². The molecule has 0 aliphatic heterocycles. The Labute approximate surface area is 121 Å². The van der Waals surface area contributed by atoms with Crippen molar-refractivity contribution in [1.82, 2.24) is 0 Å². The molecule has 2 N–H and O–H groups in total. The normalized spacial score (nSPS) is 14.4. The van der Waals surface area contributed by atoms with E-state index in [1.165, 1.54) is 12.1 Å². The van der Waals surface area contributed by atoms with Gasteiger partial charge in [0.05, 0.1) is 10.6 Å². The van der Waals surface area contributed by atoms with Crippen LogP contribution in [-0.2, 0) is 11.2 Å². The van der Waals surface area contributed by atoms with Gasteiger partial charge in [0.1, 0.15) is 11.6 Å². The molecule has 5 heteroatoms. The van der Waals surface area contributed by atoms with Gasteiger partial charge in [0, 0.05) is 18.2 Å². The molecule has 2 nitrogen and oxygen atoms in total. The summed E-state index contributed by atoms with van der Waals surface area (Å²) in [6.45, 7) is 4.45. The summed E-state index contributed by atoms with van der Waals surface area (Å²) >= 11 is 3.05. The molecule has 0 saturated carbocycles. The molecule has 0 spiro atoms. The van der Waals surface area contributed by atoms with Crippen LogP contribution in [0.4, 0.5) is 8.78 Å². The van der Waals surface area contributed by atoms with Crippen molar-refractivity contribution in [2.45, 2.75) is 45.3 Å². The molecule has 0 aliphatic rings. The topological polar surface area (TPSA) is 35.2 Å². The Morgan fingerprint density at radius 2 is 2.00 bits per heavy atom. The minimum Gasteiger partial charge on any atom is -0.377 e. The van der Waals surface area contributed by atoms with Gasteiger partial charge < -0.3 is 10.5 Å². The second kappa shape index (κ2) is 7.92. The maximum atomic E-state index is 13.9. The molecule has 108 valence electrons. The largest absolute Gasteiger partial charge is 0.377 e. The highest BCUT2D eigenvalue weighted by atomic mass is 79.9. The molecule has 1 aromatic carbocycles. The fourth-order valence-electron chi connectivity index (χ4n) is 2.04. The van der Waals surface area contributed by atoms with Gasteiger partial charge in [0.25, 0.3) is 0 Å². The van der Waals surface area contributed by atoms with Crippen molar-refractivity contribution in [3.05, 3.63) is 33.8 Å². The average Bonchev–Trinajstić information content (AvgIpc) is 2.38. The molecule has 2 unspecified atom stereocenters. The Kier molecular flexibility index (Phi) is 6.89. The van der Waals surface area contributed by atoms with Gasteiger partial charge in [0.2, 0.25) is 0 Å². The van der Waals surface area contributed by atoms with Gasteiger partial charge in [-0.2, -0.15) is 0 Å². The highest BCUT2D eigenvalue weighted by Crippen LogP contribution is 2.23. The predicted octanol–water partition coefficient (Wildman–Crippen LogP) is 3.80. The number of rotatable bonds is 7. The van der Waals surface area contributed by atoms with Crippen LogP contribution in [0.15, 0.2) is 16.6 Å². The molecule has 2 atom stereocenters. The molecule has 0 radical (unpaired) electrons. The van der Waals surface area contributed by atoms with E-state index in [0.717, 1.165) is 12.8 Å². The monoisotopic (exact) mass is 335 g/mol. The minimum absolute atomic E-state index is 0.0164. The van der Waals surface area contributed by atoms with E-state index in [-0.39, 0.29) is 22.6 Å². The van der Waals surface area contributed by atoms with Gasteiger partial charge in [-0.25, -0.2) is 8.78 Å². The Morgan fingerprint density at radius 1 is 1.32 bits per heavy atom. The fraction of sp³-hybridized carbons (Fsp3) is 0.571. The standard InChI is InChI=1S/C14H20BrF2NO/c1-3-5-13(19-4-2)12(18)8-9-11(16)7-6-10(15)14(9)17/h6-7,12-13H,3-5,8,18H2,1-2H3. The molecule has 19 heavy (non-hydrogen) atoms. The molecular formula is C14H20BrF2NO. The summed E-state index contributed by atoms with van der Waals surface area (Å²) in [5, 5.41) is 0. The molecular weight excluding hydrogens is 316 g/mol. The van der Waals surface area contributed by atoms with Crippen molar-refractivity contribution in [3.63, 3.8) is 0 Å². The zero-order chi connectivity index (χ0) is 14.4. The van der Waals surface area contributed by atoms with Crippen LogP contribution in [0.3, 0.4) is 0 Å². The molecule has 0 bridgehead atoms. The summed E-state index contributed by atoms with van der Waals surface area (Å²) in [6.07, 6.45) is 1.66. The number of nitrogens with two attached hydrogens (primary N) is 1. The van der Waals surface area contributed by atoms with E-state index in [2.05, 4.69) is 15.9 Å². The molecule has 1 rings (SSSR count). The summed E-state index contributed by atoms with van der Waals surface area (Å²) in [6, 6.07) is 2.18. The highest BCUT2D eigenvalue weighted by molar-refractivity contribution is 9.10. The molecule has 0 heterocycles. The molecule has 0 aliphatic carbocycles. The van der Waals surface area contributed by atoms with E-state index in [1.54, 1.807) is 0 Å². The second-order valence-corrected chi connectivity index (χ2v) is 5.33. The number of benzene rings is 1. The van der Waals surface area contributed by atoms with Crippen LogP contribution in [0.2, 0.25) is 0 Å². The lowest BCUT2D eigenvalue weighted by molar-refractivity contribution is 0.0375. The van der Waals surface area contributed by atoms with Crippen LogP contribution in [0.25, 0.3) is 0 Å². The Hall–Kier alpha value is -0.520. The van der Waals surface area contributed by atoms with Gasteiger partial charge in [-0.3, -0.25) is 0 Å². The van der Waals surface area contributed by atoms with E-state index in [9.17, 15) is 8.78 Å². The van der Waals surface area contributed by atoms with Gasteiger partial charge in [-0.1, -0.05) is 13.3 Å². The van der Waals surface area contributed by atoms with Gasteiger partial charge in [0.15, 0.2) is 0 Å². The third-order valence-corrected chi connectivity index (χ3v) is 3.62. The van der Waals surface area contributed by atoms with Crippen molar-refractivity contribution in [1.29, 1.82) is 0 Å². The van der Waals surface area contributed by atoms with E-state index >= 15 is 0 Å². The smallest absolute Gasteiger partial charge is 0.143 e. The van der Waals surface area contributed by atoms with Crippen LogP contribution in [0.5, 0.6) is 0 Å². The molecule has 0 aromatic heterocycles. The maximum Gasteiger partial charge on any atom is 0.143 e. The van der Waals surface area contributed by atoms with Crippen molar-refractivity contribution in [3.8, 4) is 0 Å². The first-order valence-electron chi connectivity index (χ1n) is 6.50. The van der Waals surface area contributed by atoms with Crippen LogP contribution >= 0.6 is 15.9 Å². The minimum atomic E-state index is -0.581. The Bertz CT molecular complexity index is 409. The van der Waals surface area contributed by atoms with Crippen LogP contribution < -0.4 is 5.73 Å². The second-order valence-electron chi connectivity index (χ2n) is 4.47. The van der Waals surface area contributed by atoms with Crippen LogP contribution in [0, 0.1) is 11.6 Å². The summed E-state index contributed by atoms with van der Waals surface area (Å²) in [7, 11) is 0. The van der Waals surface area contributed by atoms with Gasteiger partial charge in [-0.05, 0) is 47.8 Å². The fourth-order valence-corrected chi connectivity index (χ4v) is 2.41. The number of hydrogen-bond acceptors (Lipinski definition) is 2. The molecule has 0 fully saturated rings. The SMILES string of the molecule is CCCC(OCC)C(N)Cc1c(F)ccc(Br)c1F. The number of halogens is 3. The first-order valence-corrected chi connectivity index (χ1v) is 7.30. The van der Waals surface area contributed by atoms with Crippen LogP contribution in [-0.4, -0.2) is 18.8 Å². The summed E-state index contributed by atoms with van der Waals surface area (Å²) in [5.41, 5.74) is 6.05. The quantitative estimate of drug-likeness (QED) is 0.769. The lowest BCUT2D eigenvalue weighted by Crippen LogP contribution is -2.39. The van der Waals surface area contributed by atoms with Gasteiger partial charge in [-0.15, -0.1) is 0 Å². The summed E-state index contributed by atoms with van der Waals surface area (Å²) < 4.78 is 33.3. The lowest BCUT2D eigenvalue weighted by atomic mass is 9.98. The molecule has 1 aromatic rings. The van der Waals surface area contributed by atoms with Gasteiger partial charge >= 0.3 is 0 Å². The average molecular weight is 336 g/mol. The highest BCUT2D eigenvalue weighted by Gasteiger charge is 2.22. The number of hydrogen-bond donors (Lipinski definition) is 1. The Balaban J connectivity index is 2.85. The van der Waals surface area contributed by atoms with E-state index in [0.29, 0.717) is 6.61 Å². The first-order chi connectivity index (χ1) is 9.01. The zero-order valence-corrected chi connectivity index (χ0v) is 12.8. The number of ether oxygens (including phenoxy) is 1. The third-order valence-electron chi connectivity index (χ3n) is 3.01. The van der Waals surface area contributed by atoms with Crippen molar-refractivity contribution in [2.24, 2.45) is 5.73 Å². The predicted molar refractivity (Wildman–Crippen MR) is 76.1 cm³/mol. The molecule has 0 saturated heterocycles. The summed E-state index contributed by atoms with van der Waals surface area (Å²) in [4.78, 5) is 0. The van der Waals surface area contributed by atoms with Crippen molar-refractivity contribution in [2.75, 3.05) is 6.61 Å². The maximum absolute atomic E-state index is 13.9. The van der Waals surface area contributed by atoms with E-state index in [4.69, 9.17) is 10.5 Å². The first kappa shape index (κ1) is 16.5. The van der Waals surface area contributed by atoms with Crippen LogP contribution in [0.1, 0.15) is 32.3 Å². The Morgan fingerprint density at radius 3 is 2.58 bits per heavy atom. The van der Waals surface area contributed by atoms with Crippen molar-refractivity contribution < 1.29 is 13.5 Å². The third kappa shape index (κ3) is 4.51. The van der Waals surface area contributed by atoms with E-state index < -0.39 is 17.7 Å². The zero-order valence-electron chi connectivity index (χ0n) is 11.3. The van der Waals surface area contributed by atoms with Crippen molar-refractivity contribution >= 4 is 15.9 Å². The summed E-state index contributed by atoms with van der Waals surface area (Å²) in [5.74, 6) is -1.15. The lowest BCUT2D eigenvalue weighted by Gasteiger charge is -2.24.